The first kappa shape index (κ1) is 13.6. The van der Waals surface area contributed by atoms with Crippen molar-refractivity contribution in [1.29, 1.82) is 0 Å². The Morgan fingerprint density at radius 1 is 1.11 bits per heavy atom. The van der Waals surface area contributed by atoms with Gasteiger partial charge >= 0.3 is 0 Å². The SMILES string of the molecule is O=C1C=C/C(=N/S(=O)(=O)c2ccc(F)cc2)C=C1Cl. The van der Waals surface area contributed by atoms with Crippen molar-refractivity contribution in [1.82, 2.24) is 0 Å². The average Bonchev–Trinajstić information content (AvgIpc) is 2.34. The molecular formula is C12H7ClFNO3S. The third kappa shape index (κ3) is 3.15. The first-order chi connectivity index (χ1) is 8.88. The smallest absolute Gasteiger partial charge is 0.282 e. The summed E-state index contributed by atoms with van der Waals surface area (Å²) in [6.07, 6.45) is 3.53. The standard InChI is InChI=1S/C12H7ClFNO3S/c13-11-7-9(3-6-12(11)16)15-19(17,18)10-4-1-8(14)2-5-10/h1-7H/b15-9-. The zero-order chi connectivity index (χ0) is 14.0. The molecule has 1 aromatic carbocycles. The van der Waals surface area contributed by atoms with Crippen molar-refractivity contribution in [2.45, 2.75) is 4.90 Å². The van der Waals surface area contributed by atoms with Gasteiger partial charge in [0.1, 0.15) is 5.82 Å². The molecule has 7 heteroatoms. The van der Waals surface area contributed by atoms with Gasteiger partial charge in [0.25, 0.3) is 10.0 Å². The lowest BCUT2D eigenvalue weighted by molar-refractivity contribution is -0.110. The highest BCUT2D eigenvalue weighted by molar-refractivity contribution is 7.90. The van der Waals surface area contributed by atoms with Crippen LogP contribution >= 0.6 is 11.6 Å². The number of carbonyl (C=O) groups is 1. The number of hydrogen-bond donors (Lipinski definition) is 0. The van der Waals surface area contributed by atoms with Gasteiger partial charge in [-0.15, -0.1) is 0 Å². The Labute approximate surface area is 114 Å². The third-order valence-electron chi connectivity index (χ3n) is 2.25. The van der Waals surface area contributed by atoms with Crippen molar-refractivity contribution in [2.24, 2.45) is 4.40 Å². The number of rotatable bonds is 2. The predicted molar refractivity (Wildman–Crippen MR) is 69.1 cm³/mol. The molecule has 0 saturated carbocycles. The monoisotopic (exact) mass is 299 g/mol. The summed E-state index contributed by atoms with van der Waals surface area (Å²) in [5.74, 6) is -0.961. The molecule has 0 bridgehead atoms. The maximum atomic E-state index is 12.7. The molecule has 1 aliphatic rings. The molecule has 98 valence electrons. The van der Waals surface area contributed by atoms with Gasteiger partial charge in [0, 0.05) is 0 Å². The lowest BCUT2D eigenvalue weighted by Crippen LogP contribution is -2.07. The molecule has 1 aromatic rings. The molecule has 0 unspecified atom stereocenters. The second-order valence-electron chi connectivity index (χ2n) is 3.63. The highest BCUT2D eigenvalue weighted by Crippen LogP contribution is 2.16. The average molecular weight is 300 g/mol. The Morgan fingerprint density at radius 3 is 2.32 bits per heavy atom. The van der Waals surface area contributed by atoms with Crippen LogP contribution < -0.4 is 0 Å². The number of halogens is 2. The molecule has 0 fully saturated rings. The van der Waals surface area contributed by atoms with Gasteiger partial charge in [-0.2, -0.15) is 12.8 Å². The Balaban J connectivity index is 2.40. The maximum absolute atomic E-state index is 12.7. The number of nitrogens with zero attached hydrogens (tertiary/aromatic N) is 1. The lowest BCUT2D eigenvalue weighted by Gasteiger charge is -2.03. The molecule has 0 radical (unpaired) electrons. The van der Waals surface area contributed by atoms with E-state index in [-0.39, 0.29) is 15.6 Å². The van der Waals surface area contributed by atoms with Crippen molar-refractivity contribution in [3.63, 3.8) is 0 Å². The van der Waals surface area contributed by atoms with Crippen LogP contribution in [0.1, 0.15) is 0 Å². The molecule has 0 N–H and O–H groups in total. The zero-order valence-corrected chi connectivity index (χ0v) is 11.0. The number of sulfonamides is 1. The summed E-state index contributed by atoms with van der Waals surface area (Å²) in [7, 11) is -3.96. The summed E-state index contributed by atoms with van der Waals surface area (Å²) < 4.78 is 40.0. The molecule has 19 heavy (non-hydrogen) atoms. The maximum Gasteiger partial charge on any atom is 0.282 e. The van der Waals surface area contributed by atoms with Crippen LogP contribution in [0.15, 0.2) is 56.8 Å². The van der Waals surface area contributed by atoms with Crippen molar-refractivity contribution in [2.75, 3.05) is 0 Å². The second kappa shape index (κ2) is 5.07. The number of benzene rings is 1. The van der Waals surface area contributed by atoms with Gasteiger partial charge in [-0.3, -0.25) is 4.79 Å². The summed E-state index contributed by atoms with van der Waals surface area (Å²) in [5, 5.41) is -0.115. The Hall–Kier alpha value is -1.79. The topological polar surface area (TPSA) is 63.6 Å². The fourth-order valence-electron chi connectivity index (χ4n) is 1.34. The van der Waals surface area contributed by atoms with Crippen LogP contribution in [0.5, 0.6) is 0 Å². The van der Waals surface area contributed by atoms with E-state index in [0.29, 0.717) is 0 Å². The minimum atomic E-state index is -3.96. The number of allylic oxidation sites excluding steroid dienone is 4. The van der Waals surface area contributed by atoms with Crippen LogP contribution in [0.2, 0.25) is 0 Å². The molecular weight excluding hydrogens is 293 g/mol. The van der Waals surface area contributed by atoms with Crippen LogP contribution in [0.3, 0.4) is 0 Å². The van der Waals surface area contributed by atoms with E-state index in [4.69, 9.17) is 11.6 Å². The second-order valence-corrected chi connectivity index (χ2v) is 5.65. The van der Waals surface area contributed by atoms with E-state index in [1.807, 2.05) is 0 Å². The van der Waals surface area contributed by atoms with E-state index in [1.54, 1.807) is 0 Å². The minimum absolute atomic E-state index is 0.0360. The highest BCUT2D eigenvalue weighted by Gasteiger charge is 2.16. The molecule has 0 spiro atoms. The molecule has 0 aromatic heterocycles. The third-order valence-corrected chi connectivity index (χ3v) is 3.87. The molecule has 4 nitrogen and oxygen atoms in total. The summed E-state index contributed by atoms with van der Waals surface area (Å²) in [4.78, 5) is 10.9. The van der Waals surface area contributed by atoms with Gasteiger partial charge in [0.05, 0.1) is 15.6 Å². The first-order valence-corrected chi connectivity index (χ1v) is 6.90. The highest BCUT2D eigenvalue weighted by atomic mass is 35.5. The Bertz CT molecular complexity index is 718. The Morgan fingerprint density at radius 2 is 1.74 bits per heavy atom. The van der Waals surface area contributed by atoms with E-state index < -0.39 is 21.6 Å². The number of hydrogen-bond acceptors (Lipinski definition) is 3. The van der Waals surface area contributed by atoms with Gasteiger partial charge in [-0.1, -0.05) is 11.6 Å². The van der Waals surface area contributed by atoms with Gasteiger partial charge in [0.2, 0.25) is 0 Å². The van der Waals surface area contributed by atoms with E-state index in [9.17, 15) is 17.6 Å². The lowest BCUT2D eigenvalue weighted by atomic mass is 10.2. The van der Waals surface area contributed by atoms with Crippen LogP contribution in [-0.4, -0.2) is 19.9 Å². The van der Waals surface area contributed by atoms with Crippen LogP contribution in [0.25, 0.3) is 0 Å². The minimum Gasteiger partial charge on any atom is -0.288 e. The van der Waals surface area contributed by atoms with Gasteiger partial charge in [-0.05, 0) is 42.5 Å². The van der Waals surface area contributed by atoms with E-state index >= 15 is 0 Å². The number of ketones is 1. The fraction of sp³-hybridized carbons (Fsp3) is 0. The van der Waals surface area contributed by atoms with Gasteiger partial charge in [-0.25, -0.2) is 4.39 Å². The quantitative estimate of drug-likeness (QED) is 0.787. The molecule has 0 saturated heterocycles. The van der Waals surface area contributed by atoms with E-state index in [2.05, 4.69) is 4.40 Å². The molecule has 0 atom stereocenters. The molecule has 0 amide bonds. The number of carbonyl (C=O) groups excluding carboxylic acids is 1. The summed E-state index contributed by atoms with van der Waals surface area (Å²) in [6, 6.07) is 4.27. The van der Waals surface area contributed by atoms with Crippen LogP contribution in [0, 0.1) is 5.82 Å². The van der Waals surface area contributed by atoms with Crippen molar-refractivity contribution in [3.8, 4) is 0 Å². The van der Waals surface area contributed by atoms with Crippen molar-refractivity contribution >= 4 is 33.1 Å². The van der Waals surface area contributed by atoms with Crippen molar-refractivity contribution < 1.29 is 17.6 Å². The molecule has 2 rings (SSSR count). The largest absolute Gasteiger partial charge is 0.288 e. The summed E-state index contributed by atoms with van der Waals surface area (Å²) >= 11 is 5.59. The first-order valence-electron chi connectivity index (χ1n) is 5.09. The van der Waals surface area contributed by atoms with Gasteiger partial charge < -0.3 is 0 Å². The van der Waals surface area contributed by atoms with Gasteiger partial charge in [0.15, 0.2) is 5.78 Å². The fourth-order valence-corrected chi connectivity index (χ4v) is 2.50. The molecule has 0 aliphatic heterocycles. The Kier molecular flexibility index (Phi) is 3.64. The van der Waals surface area contributed by atoms with Crippen LogP contribution in [0.4, 0.5) is 4.39 Å². The summed E-state index contributed by atoms with van der Waals surface area (Å²) in [5.41, 5.74) is 0.0360. The summed E-state index contributed by atoms with van der Waals surface area (Å²) in [6.45, 7) is 0. The predicted octanol–water partition coefficient (Wildman–Crippen LogP) is 2.22. The van der Waals surface area contributed by atoms with E-state index in [1.165, 1.54) is 6.08 Å². The van der Waals surface area contributed by atoms with Crippen LogP contribution in [-0.2, 0) is 14.8 Å². The zero-order valence-electron chi connectivity index (χ0n) is 9.38. The molecule has 0 heterocycles. The van der Waals surface area contributed by atoms with Crippen molar-refractivity contribution in [3.05, 3.63) is 53.3 Å². The van der Waals surface area contributed by atoms with E-state index in [0.717, 1.165) is 36.4 Å². The normalized spacial score (nSPS) is 17.7. The molecule has 1 aliphatic carbocycles.